The normalized spacial score (nSPS) is 12.4. The Balaban J connectivity index is 4.26. The molecule has 0 fully saturated rings. The molecule has 0 heterocycles. The van der Waals surface area contributed by atoms with Crippen LogP contribution in [-0.4, -0.2) is 12.1 Å². The molecule has 3 heteroatoms. The number of amidine groups is 1. The number of allylic oxidation sites excluding steroid dienone is 1. The average molecular weight is 139 g/mol. The Hall–Kier alpha value is -1.12. The van der Waals surface area contributed by atoms with E-state index in [1.54, 1.807) is 13.1 Å². The number of nitrogens with two attached hydrogens (primary N) is 1. The van der Waals surface area contributed by atoms with Crippen LogP contribution in [0, 0.1) is 5.41 Å². The van der Waals surface area contributed by atoms with Crippen LogP contribution in [0.5, 0.6) is 0 Å². The van der Waals surface area contributed by atoms with E-state index >= 15 is 0 Å². The smallest absolute Gasteiger partial charge is 0.141 e. The van der Waals surface area contributed by atoms with Crippen molar-refractivity contribution in [3.05, 3.63) is 11.8 Å². The summed E-state index contributed by atoms with van der Waals surface area (Å²) in [7, 11) is 0. The molecule has 0 radical (unpaired) electrons. The van der Waals surface area contributed by atoms with E-state index in [9.17, 15) is 0 Å². The minimum atomic E-state index is 0.0277. The molecular weight excluding hydrogens is 126 g/mol. The first-order valence-electron chi connectivity index (χ1n) is 3.25. The molecule has 0 aromatic carbocycles. The van der Waals surface area contributed by atoms with Gasteiger partial charge < -0.3 is 5.73 Å². The van der Waals surface area contributed by atoms with Crippen LogP contribution < -0.4 is 5.73 Å². The number of hydrogen-bond acceptors (Lipinski definition) is 2. The lowest BCUT2D eigenvalue weighted by molar-refractivity contribution is 1.18. The zero-order valence-corrected chi connectivity index (χ0v) is 6.39. The molecule has 0 saturated carbocycles. The third-order valence-electron chi connectivity index (χ3n) is 0.942. The minimum absolute atomic E-state index is 0.0277. The van der Waals surface area contributed by atoms with E-state index in [1.807, 2.05) is 13.0 Å². The van der Waals surface area contributed by atoms with Gasteiger partial charge in [-0.1, -0.05) is 13.0 Å². The molecule has 0 atom stereocenters. The van der Waals surface area contributed by atoms with Crippen molar-refractivity contribution in [2.45, 2.75) is 20.3 Å². The fourth-order valence-electron chi connectivity index (χ4n) is 0.565. The van der Waals surface area contributed by atoms with Gasteiger partial charge >= 0.3 is 0 Å². The maximum Gasteiger partial charge on any atom is 0.141 e. The van der Waals surface area contributed by atoms with Crippen molar-refractivity contribution < 1.29 is 0 Å². The van der Waals surface area contributed by atoms with Gasteiger partial charge in [0.15, 0.2) is 0 Å². The number of aliphatic imine (C=N–C) groups is 1. The first kappa shape index (κ1) is 8.88. The fraction of sp³-hybridized carbons (Fsp3) is 0.429. The molecule has 0 unspecified atom stereocenters. The van der Waals surface area contributed by atoms with E-state index in [-0.39, 0.29) is 5.84 Å². The first-order chi connectivity index (χ1) is 4.72. The number of nitrogens with zero attached hydrogens (tertiary/aromatic N) is 1. The summed E-state index contributed by atoms with van der Waals surface area (Å²) in [5.41, 5.74) is 5.77. The molecule has 0 amide bonds. The maximum atomic E-state index is 7.05. The van der Waals surface area contributed by atoms with Crippen LogP contribution in [0.3, 0.4) is 0 Å². The van der Waals surface area contributed by atoms with Gasteiger partial charge in [-0.2, -0.15) is 0 Å². The summed E-state index contributed by atoms with van der Waals surface area (Å²) in [6.07, 6.45) is 4.30. The highest BCUT2D eigenvalue weighted by atomic mass is 14.8. The molecule has 0 saturated heterocycles. The molecule has 0 aliphatic carbocycles. The Morgan fingerprint density at radius 3 is 2.60 bits per heavy atom. The Morgan fingerprint density at radius 1 is 1.70 bits per heavy atom. The second-order valence-electron chi connectivity index (χ2n) is 1.80. The SMILES string of the molecule is CC=N/C(=C\CC)C(=N)N. The predicted octanol–water partition coefficient (Wildman–Crippen LogP) is 1.31. The van der Waals surface area contributed by atoms with E-state index in [2.05, 4.69) is 4.99 Å². The van der Waals surface area contributed by atoms with Crippen LogP contribution in [-0.2, 0) is 0 Å². The zero-order valence-electron chi connectivity index (χ0n) is 6.39. The van der Waals surface area contributed by atoms with Crippen LogP contribution >= 0.6 is 0 Å². The van der Waals surface area contributed by atoms with Gasteiger partial charge in [0, 0.05) is 6.21 Å². The van der Waals surface area contributed by atoms with Crippen molar-refractivity contribution >= 4 is 12.1 Å². The van der Waals surface area contributed by atoms with E-state index in [4.69, 9.17) is 11.1 Å². The lowest BCUT2D eigenvalue weighted by Gasteiger charge is -1.95. The van der Waals surface area contributed by atoms with Gasteiger partial charge in [-0.15, -0.1) is 0 Å². The molecule has 3 N–H and O–H groups in total. The van der Waals surface area contributed by atoms with E-state index in [1.165, 1.54) is 0 Å². The van der Waals surface area contributed by atoms with Gasteiger partial charge in [0.25, 0.3) is 0 Å². The highest BCUT2D eigenvalue weighted by Crippen LogP contribution is 1.96. The number of rotatable bonds is 3. The molecule has 0 aromatic rings. The van der Waals surface area contributed by atoms with Crippen LogP contribution in [0.15, 0.2) is 16.8 Å². The van der Waals surface area contributed by atoms with Gasteiger partial charge in [-0.05, 0) is 13.3 Å². The van der Waals surface area contributed by atoms with Crippen molar-refractivity contribution in [2.24, 2.45) is 10.7 Å². The summed E-state index contributed by atoms with van der Waals surface area (Å²) in [5.74, 6) is 0.0277. The Kier molecular flexibility index (Phi) is 4.20. The molecule has 0 bridgehead atoms. The molecular formula is C7H13N3. The van der Waals surface area contributed by atoms with Crippen molar-refractivity contribution in [3.63, 3.8) is 0 Å². The fourth-order valence-corrected chi connectivity index (χ4v) is 0.565. The molecule has 3 nitrogen and oxygen atoms in total. The van der Waals surface area contributed by atoms with E-state index in [0.717, 1.165) is 6.42 Å². The molecule has 0 spiro atoms. The van der Waals surface area contributed by atoms with E-state index in [0.29, 0.717) is 5.70 Å². The topological polar surface area (TPSA) is 62.2 Å². The molecule has 0 aromatic heterocycles. The largest absolute Gasteiger partial charge is 0.382 e. The van der Waals surface area contributed by atoms with Gasteiger partial charge in [0.2, 0.25) is 0 Å². The molecule has 10 heavy (non-hydrogen) atoms. The maximum absolute atomic E-state index is 7.05. The minimum Gasteiger partial charge on any atom is -0.382 e. The monoisotopic (exact) mass is 139 g/mol. The molecule has 0 aliphatic heterocycles. The van der Waals surface area contributed by atoms with Gasteiger partial charge in [0.1, 0.15) is 5.84 Å². The van der Waals surface area contributed by atoms with Crippen LogP contribution in [0.4, 0.5) is 0 Å². The Bertz CT molecular complexity index is 168. The van der Waals surface area contributed by atoms with Crippen molar-refractivity contribution in [3.8, 4) is 0 Å². The van der Waals surface area contributed by atoms with Gasteiger partial charge in [-0.25, -0.2) is 0 Å². The van der Waals surface area contributed by atoms with Crippen LogP contribution in [0.25, 0.3) is 0 Å². The predicted molar refractivity (Wildman–Crippen MR) is 44.5 cm³/mol. The van der Waals surface area contributed by atoms with Crippen LogP contribution in [0.1, 0.15) is 20.3 Å². The van der Waals surface area contributed by atoms with Crippen molar-refractivity contribution in [1.82, 2.24) is 0 Å². The number of hydrogen-bond donors (Lipinski definition) is 2. The van der Waals surface area contributed by atoms with Gasteiger partial charge in [0.05, 0.1) is 5.70 Å². The quantitative estimate of drug-likeness (QED) is 0.449. The summed E-state index contributed by atoms with van der Waals surface area (Å²) in [6.45, 7) is 3.78. The Labute approximate surface area is 61.2 Å². The van der Waals surface area contributed by atoms with Gasteiger partial charge in [-0.3, -0.25) is 10.4 Å². The zero-order chi connectivity index (χ0) is 7.98. The molecule has 0 rings (SSSR count). The second-order valence-corrected chi connectivity index (χ2v) is 1.80. The number of nitrogens with one attached hydrogen (secondary N) is 1. The first-order valence-corrected chi connectivity index (χ1v) is 3.25. The molecule has 56 valence electrons. The third kappa shape index (κ3) is 3.02. The summed E-state index contributed by atoms with van der Waals surface area (Å²) in [6, 6.07) is 0. The summed E-state index contributed by atoms with van der Waals surface area (Å²) >= 11 is 0. The van der Waals surface area contributed by atoms with Crippen molar-refractivity contribution in [1.29, 1.82) is 5.41 Å². The highest BCUT2D eigenvalue weighted by molar-refractivity contribution is 5.95. The Morgan fingerprint density at radius 2 is 2.30 bits per heavy atom. The van der Waals surface area contributed by atoms with Crippen LogP contribution in [0.2, 0.25) is 0 Å². The lowest BCUT2D eigenvalue weighted by Crippen LogP contribution is -2.11. The lowest BCUT2D eigenvalue weighted by atomic mass is 10.3. The average Bonchev–Trinajstić information content (AvgIpc) is 1.87. The summed E-state index contributed by atoms with van der Waals surface area (Å²) in [5, 5.41) is 7.05. The van der Waals surface area contributed by atoms with E-state index < -0.39 is 0 Å². The second kappa shape index (κ2) is 4.73. The van der Waals surface area contributed by atoms with Crippen molar-refractivity contribution in [2.75, 3.05) is 0 Å². The molecule has 0 aliphatic rings. The standard InChI is InChI=1S/C7H13N3/c1-3-5-6(7(8)9)10-4-2/h4-5H,3H2,1-2H3,(H3,8,9)/b6-5-,10-4?. The highest BCUT2D eigenvalue weighted by Gasteiger charge is 1.93. The summed E-state index contributed by atoms with van der Waals surface area (Å²) in [4.78, 5) is 3.90. The summed E-state index contributed by atoms with van der Waals surface area (Å²) < 4.78 is 0. The third-order valence-corrected chi connectivity index (χ3v) is 0.942.